The molecule has 1 saturated carbocycles. The van der Waals surface area contributed by atoms with Crippen molar-refractivity contribution in [1.82, 2.24) is 5.32 Å². The Morgan fingerprint density at radius 3 is 2.79 bits per heavy atom. The Bertz CT molecular complexity index is 770. The van der Waals surface area contributed by atoms with Crippen LogP contribution < -0.4 is 10.1 Å². The van der Waals surface area contributed by atoms with Gasteiger partial charge in [0, 0.05) is 0 Å². The highest BCUT2D eigenvalue weighted by molar-refractivity contribution is 5.97. The summed E-state index contributed by atoms with van der Waals surface area (Å²) in [4.78, 5) is 12.7. The van der Waals surface area contributed by atoms with Gasteiger partial charge in [0.1, 0.15) is 11.6 Å². The predicted molar refractivity (Wildman–Crippen MR) is 89.6 cm³/mol. The minimum Gasteiger partial charge on any atom is -0.492 e. The van der Waals surface area contributed by atoms with Gasteiger partial charge in [0.25, 0.3) is 5.91 Å². The Labute approximate surface area is 140 Å². The van der Waals surface area contributed by atoms with Gasteiger partial charge in [-0.3, -0.25) is 4.79 Å². The van der Waals surface area contributed by atoms with Gasteiger partial charge in [-0.25, -0.2) is 4.39 Å². The average molecular weight is 325 g/mol. The summed E-state index contributed by atoms with van der Waals surface area (Å²) < 4.78 is 19.7. The number of carbonyl (C=O) groups is 1. The third-order valence-electron chi connectivity index (χ3n) is 4.82. The number of ether oxygens (including phenoxy) is 1. The lowest BCUT2D eigenvalue weighted by molar-refractivity contribution is 0.0932. The normalized spacial score (nSPS) is 19.0. The lowest BCUT2D eigenvalue weighted by Gasteiger charge is -2.16. The summed E-state index contributed by atoms with van der Waals surface area (Å²) in [6.45, 7) is 0.668. The quantitative estimate of drug-likeness (QED) is 0.901. The van der Waals surface area contributed by atoms with Crippen LogP contribution in [0.2, 0.25) is 0 Å². The maximum absolute atomic E-state index is 13.8. The molecule has 3 nitrogen and oxygen atoms in total. The zero-order valence-corrected chi connectivity index (χ0v) is 13.4. The molecule has 0 bridgehead atoms. The summed E-state index contributed by atoms with van der Waals surface area (Å²) >= 11 is 0. The largest absolute Gasteiger partial charge is 0.492 e. The summed E-state index contributed by atoms with van der Waals surface area (Å²) in [5, 5.41) is 3.04. The van der Waals surface area contributed by atoms with Gasteiger partial charge in [0.15, 0.2) is 0 Å². The summed E-state index contributed by atoms with van der Waals surface area (Å²) in [6.07, 6.45) is 3.80. The van der Waals surface area contributed by atoms with E-state index in [9.17, 15) is 9.18 Å². The van der Waals surface area contributed by atoms with Crippen molar-refractivity contribution in [2.24, 2.45) is 5.92 Å². The SMILES string of the molecule is O=C(NC1CCc2c(F)cccc21)c1ccccc1OCC1CC1. The van der Waals surface area contributed by atoms with Crippen LogP contribution in [0.3, 0.4) is 0 Å². The van der Waals surface area contributed by atoms with Crippen LogP contribution in [0.1, 0.15) is 46.8 Å². The van der Waals surface area contributed by atoms with Crippen molar-refractivity contribution in [2.75, 3.05) is 6.61 Å². The molecule has 124 valence electrons. The molecule has 0 aromatic heterocycles. The lowest BCUT2D eigenvalue weighted by atomic mass is 10.1. The average Bonchev–Trinajstić information content (AvgIpc) is 3.34. The molecule has 0 aliphatic heterocycles. The van der Waals surface area contributed by atoms with Crippen LogP contribution in [0.15, 0.2) is 42.5 Å². The molecule has 1 fully saturated rings. The van der Waals surface area contributed by atoms with Crippen LogP contribution in [0.25, 0.3) is 0 Å². The number of carbonyl (C=O) groups excluding carboxylic acids is 1. The lowest BCUT2D eigenvalue weighted by Crippen LogP contribution is -2.27. The molecule has 0 heterocycles. The number of hydrogen-bond acceptors (Lipinski definition) is 2. The summed E-state index contributed by atoms with van der Waals surface area (Å²) in [5.74, 6) is 0.908. The number of benzene rings is 2. The Kier molecular flexibility index (Phi) is 3.97. The fourth-order valence-electron chi connectivity index (χ4n) is 3.27. The van der Waals surface area contributed by atoms with E-state index in [1.807, 2.05) is 24.3 Å². The van der Waals surface area contributed by atoms with Gasteiger partial charge in [0.2, 0.25) is 0 Å². The number of halogens is 1. The minimum absolute atomic E-state index is 0.139. The van der Waals surface area contributed by atoms with E-state index in [4.69, 9.17) is 4.74 Å². The van der Waals surface area contributed by atoms with Crippen molar-refractivity contribution in [3.8, 4) is 5.75 Å². The van der Waals surface area contributed by atoms with Crippen molar-refractivity contribution in [2.45, 2.75) is 31.7 Å². The molecule has 1 N–H and O–H groups in total. The number of amides is 1. The highest BCUT2D eigenvalue weighted by atomic mass is 19.1. The molecule has 2 aliphatic rings. The van der Waals surface area contributed by atoms with Gasteiger partial charge < -0.3 is 10.1 Å². The number of hydrogen-bond donors (Lipinski definition) is 1. The molecule has 0 saturated heterocycles. The molecule has 2 aromatic rings. The molecule has 4 heteroatoms. The molecular weight excluding hydrogens is 305 g/mol. The number of para-hydroxylation sites is 1. The van der Waals surface area contributed by atoms with E-state index in [0.717, 1.165) is 17.5 Å². The Morgan fingerprint density at radius 1 is 1.12 bits per heavy atom. The monoisotopic (exact) mass is 325 g/mol. The molecule has 2 aromatic carbocycles. The molecule has 2 aliphatic carbocycles. The van der Waals surface area contributed by atoms with E-state index in [1.165, 1.54) is 18.9 Å². The van der Waals surface area contributed by atoms with Crippen molar-refractivity contribution >= 4 is 5.91 Å². The first kappa shape index (κ1) is 15.2. The maximum atomic E-state index is 13.8. The summed E-state index contributed by atoms with van der Waals surface area (Å²) in [7, 11) is 0. The van der Waals surface area contributed by atoms with Gasteiger partial charge in [-0.15, -0.1) is 0 Å². The second-order valence-corrected chi connectivity index (χ2v) is 6.62. The van der Waals surface area contributed by atoms with E-state index in [2.05, 4.69) is 5.32 Å². The summed E-state index contributed by atoms with van der Waals surface area (Å²) in [6, 6.07) is 12.2. The predicted octanol–water partition coefficient (Wildman–Crippen LogP) is 4.03. The Balaban J connectivity index is 1.50. The number of rotatable bonds is 5. The number of fused-ring (bicyclic) bond motifs is 1. The highest BCUT2D eigenvalue weighted by Crippen LogP contribution is 2.34. The van der Waals surface area contributed by atoms with Crippen LogP contribution in [0.5, 0.6) is 5.75 Å². The maximum Gasteiger partial charge on any atom is 0.255 e. The van der Waals surface area contributed by atoms with E-state index >= 15 is 0 Å². The Morgan fingerprint density at radius 2 is 1.96 bits per heavy atom. The fourth-order valence-corrected chi connectivity index (χ4v) is 3.27. The van der Waals surface area contributed by atoms with Crippen LogP contribution in [-0.2, 0) is 6.42 Å². The fraction of sp³-hybridized carbons (Fsp3) is 0.350. The third-order valence-corrected chi connectivity index (χ3v) is 4.82. The van der Waals surface area contributed by atoms with Crippen molar-refractivity contribution in [1.29, 1.82) is 0 Å². The molecule has 4 rings (SSSR count). The van der Waals surface area contributed by atoms with Crippen LogP contribution in [-0.4, -0.2) is 12.5 Å². The molecule has 1 unspecified atom stereocenters. The minimum atomic E-state index is -0.183. The highest BCUT2D eigenvalue weighted by Gasteiger charge is 2.27. The van der Waals surface area contributed by atoms with Gasteiger partial charge in [-0.05, 0) is 60.9 Å². The number of nitrogens with one attached hydrogen (secondary N) is 1. The van der Waals surface area contributed by atoms with E-state index < -0.39 is 0 Å². The smallest absolute Gasteiger partial charge is 0.255 e. The molecular formula is C20H20FNO2. The zero-order chi connectivity index (χ0) is 16.5. The van der Waals surface area contributed by atoms with E-state index in [0.29, 0.717) is 30.3 Å². The summed E-state index contributed by atoms with van der Waals surface area (Å²) in [5.41, 5.74) is 2.16. The second-order valence-electron chi connectivity index (χ2n) is 6.62. The zero-order valence-electron chi connectivity index (χ0n) is 13.4. The van der Waals surface area contributed by atoms with Crippen molar-refractivity contribution in [3.05, 3.63) is 65.0 Å². The van der Waals surface area contributed by atoms with Gasteiger partial charge in [-0.2, -0.15) is 0 Å². The van der Waals surface area contributed by atoms with E-state index in [1.54, 1.807) is 12.1 Å². The first-order valence-corrected chi connectivity index (χ1v) is 8.52. The molecule has 24 heavy (non-hydrogen) atoms. The Hall–Kier alpha value is -2.36. The van der Waals surface area contributed by atoms with Crippen molar-refractivity contribution < 1.29 is 13.9 Å². The van der Waals surface area contributed by atoms with Gasteiger partial charge >= 0.3 is 0 Å². The van der Waals surface area contributed by atoms with Crippen LogP contribution >= 0.6 is 0 Å². The topological polar surface area (TPSA) is 38.3 Å². The van der Waals surface area contributed by atoms with E-state index in [-0.39, 0.29) is 17.8 Å². The standard InChI is InChI=1S/C20H20FNO2/c21-17-6-3-5-15-14(17)10-11-18(15)22-20(23)16-4-1-2-7-19(16)24-12-13-8-9-13/h1-7,13,18H,8-12H2,(H,22,23). The second kappa shape index (κ2) is 6.27. The molecule has 0 spiro atoms. The third kappa shape index (κ3) is 3.01. The molecule has 0 radical (unpaired) electrons. The molecule has 1 amide bonds. The van der Waals surface area contributed by atoms with Crippen LogP contribution in [0.4, 0.5) is 4.39 Å². The first-order chi connectivity index (χ1) is 11.7. The van der Waals surface area contributed by atoms with Gasteiger partial charge in [-0.1, -0.05) is 24.3 Å². The first-order valence-electron chi connectivity index (χ1n) is 8.52. The van der Waals surface area contributed by atoms with Crippen molar-refractivity contribution in [3.63, 3.8) is 0 Å². The molecule has 1 atom stereocenters. The van der Waals surface area contributed by atoms with Crippen LogP contribution in [0, 0.1) is 11.7 Å². The van der Waals surface area contributed by atoms with Gasteiger partial charge in [0.05, 0.1) is 18.2 Å².